The highest BCUT2D eigenvalue weighted by molar-refractivity contribution is 6.31. The molecule has 132 valence electrons. The van der Waals surface area contributed by atoms with Gasteiger partial charge in [-0.05, 0) is 24.8 Å². The van der Waals surface area contributed by atoms with Crippen LogP contribution in [0.5, 0.6) is 0 Å². The average molecular weight is 362 g/mol. The van der Waals surface area contributed by atoms with E-state index in [2.05, 4.69) is 42.6 Å². The summed E-state index contributed by atoms with van der Waals surface area (Å²) in [5, 5.41) is 0.213. The van der Waals surface area contributed by atoms with E-state index in [0.717, 1.165) is 43.9 Å². The number of nitrogens with zero attached hydrogens (tertiary/aromatic N) is 5. The van der Waals surface area contributed by atoms with E-state index in [-0.39, 0.29) is 17.0 Å². The third-order valence-corrected chi connectivity index (χ3v) is 4.48. The van der Waals surface area contributed by atoms with E-state index in [9.17, 15) is 4.79 Å². The van der Waals surface area contributed by atoms with Gasteiger partial charge in [-0.15, -0.1) is 0 Å². The summed E-state index contributed by atoms with van der Waals surface area (Å²) in [6, 6.07) is 0. The monoisotopic (exact) mass is 361 g/mol. The van der Waals surface area contributed by atoms with Crippen LogP contribution in [-0.4, -0.2) is 38.9 Å². The molecule has 0 atom stereocenters. The Bertz CT molecular complexity index is 717. The van der Waals surface area contributed by atoms with Crippen molar-refractivity contribution in [2.24, 2.45) is 5.92 Å². The normalized spacial score (nSPS) is 15.0. The Morgan fingerprint density at radius 1 is 1.20 bits per heavy atom. The molecule has 3 rings (SSSR count). The van der Waals surface area contributed by atoms with Gasteiger partial charge in [0.15, 0.2) is 11.0 Å². The van der Waals surface area contributed by atoms with E-state index < -0.39 is 0 Å². The minimum absolute atomic E-state index is 0.0749. The van der Waals surface area contributed by atoms with Crippen molar-refractivity contribution < 1.29 is 4.79 Å². The van der Waals surface area contributed by atoms with Gasteiger partial charge in [-0.2, -0.15) is 0 Å². The molecular weight excluding hydrogens is 342 g/mol. The van der Waals surface area contributed by atoms with Gasteiger partial charge in [-0.25, -0.2) is 19.9 Å². The first-order valence-electron chi connectivity index (χ1n) is 8.25. The van der Waals surface area contributed by atoms with Crippen molar-refractivity contribution in [3.05, 3.63) is 35.5 Å². The van der Waals surface area contributed by atoms with Crippen LogP contribution in [0.3, 0.4) is 0 Å². The molecule has 1 aliphatic heterocycles. The van der Waals surface area contributed by atoms with Gasteiger partial charge in [0.25, 0.3) is 0 Å². The lowest BCUT2D eigenvalue weighted by Crippen LogP contribution is -2.42. The van der Waals surface area contributed by atoms with Crippen molar-refractivity contribution in [3.8, 4) is 0 Å². The molecule has 0 radical (unpaired) electrons. The summed E-state index contributed by atoms with van der Waals surface area (Å²) in [5.41, 5.74) is 6.49. The molecule has 2 aromatic rings. The molecule has 2 aromatic heterocycles. The topological polar surface area (TPSA) is 95.9 Å². The summed E-state index contributed by atoms with van der Waals surface area (Å²) in [5.74, 6) is 0.901. The number of carbonyl (C=O) groups excluding carboxylic acids is 1. The highest BCUT2D eigenvalue weighted by Gasteiger charge is 2.26. The van der Waals surface area contributed by atoms with Gasteiger partial charge in [0, 0.05) is 43.8 Å². The number of anilines is 2. The fourth-order valence-corrected chi connectivity index (χ4v) is 2.82. The van der Waals surface area contributed by atoms with Gasteiger partial charge in [-0.1, -0.05) is 18.5 Å². The Morgan fingerprint density at radius 2 is 1.88 bits per heavy atom. The number of halogens is 1. The van der Waals surface area contributed by atoms with Gasteiger partial charge in [-0.3, -0.25) is 15.6 Å². The Kier molecular flexibility index (Phi) is 5.60. The first kappa shape index (κ1) is 17.3. The van der Waals surface area contributed by atoms with Gasteiger partial charge in [0.05, 0.1) is 0 Å². The van der Waals surface area contributed by atoms with Crippen LogP contribution in [0.15, 0.2) is 24.8 Å². The van der Waals surface area contributed by atoms with Crippen LogP contribution in [0.4, 0.5) is 11.8 Å². The molecule has 0 unspecified atom stereocenters. The van der Waals surface area contributed by atoms with E-state index in [1.807, 2.05) is 12.4 Å². The van der Waals surface area contributed by atoms with Crippen LogP contribution >= 0.6 is 11.6 Å². The standard InChI is InChI=1S/C16H20ClN7O/c1-2-11-9-20-16(21-10-11)24-7-3-12(4-8-24)15(25)23-22-14-13(17)18-5-6-19-14/h5-6,9-10,12H,2-4,7-8H2,1H3,(H,19,22)(H,23,25). The zero-order valence-corrected chi connectivity index (χ0v) is 14.7. The van der Waals surface area contributed by atoms with E-state index in [1.54, 1.807) is 0 Å². The average Bonchev–Trinajstić information content (AvgIpc) is 2.67. The quantitative estimate of drug-likeness (QED) is 0.784. The second-order valence-electron chi connectivity index (χ2n) is 5.82. The van der Waals surface area contributed by atoms with Crippen molar-refractivity contribution in [1.29, 1.82) is 0 Å². The SMILES string of the molecule is CCc1cnc(N2CCC(C(=O)NNc3nccnc3Cl)CC2)nc1. The van der Waals surface area contributed by atoms with E-state index in [4.69, 9.17) is 11.6 Å². The van der Waals surface area contributed by atoms with Gasteiger partial charge < -0.3 is 4.90 Å². The Labute approximate surface area is 151 Å². The highest BCUT2D eigenvalue weighted by Crippen LogP contribution is 2.21. The van der Waals surface area contributed by atoms with Gasteiger partial charge >= 0.3 is 0 Å². The molecule has 25 heavy (non-hydrogen) atoms. The summed E-state index contributed by atoms with van der Waals surface area (Å²) >= 11 is 5.89. The number of amides is 1. The minimum Gasteiger partial charge on any atom is -0.341 e. The number of hydrogen-bond acceptors (Lipinski definition) is 7. The second-order valence-corrected chi connectivity index (χ2v) is 6.17. The fourth-order valence-electron chi connectivity index (χ4n) is 2.66. The number of hydrogen-bond donors (Lipinski definition) is 2. The van der Waals surface area contributed by atoms with Crippen LogP contribution in [0.2, 0.25) is 5.15 Å². The van der Waals surface area contributed by atoms with Crippen molar-refractivity contribution in [2.45, 2.75) is 26.2 Å². The molecule has 0 aliphatic carbocycles. The first-order valence-corrected chi connectivity index (χ1v) is 8.63. The molecule has 1 aliphatic rings. The maximum Gasteiger partial charge on any atom is 0.241 e. The van der Waals surface area contributed by atoms with E-state index in [1.165, 1.54) is 12.4 Å². The van der Waals surface area contributed by atoms with Crippen LogP contribution in [0.25, 0.3) is 0 Å². The van der Waals surface area contributed by atoms with Gasteiger partial charge in [0.2, 0.25) is 11.9 Å². The largest absolute Gasteiger partial charge is 0.341 e. The molecule has 1 amide bonds. The summed E-state index contributed by atoms with van der Waals surface area (Å²) in [7, 11) is 0. The molecule has 0 bridgehead atoms. The fraction of sp³-hybridized carbons (Fsp3) is 0.438. The Hall–Kier alpha value is -2.48. The Morgan fingerprint density at radius 3 is 2.52 bits per heavy atom. The molecule has 8 nitrogen and oxygen atoms in total. The number of carbonyl (C=O) groups is 1. The van der Waals surface area contributed by atoms with Crippen LogP contribution in [0, 0.1) is 5.92 Å². The van der Waals surface area contributed by atoms with E-state index in [0.29, 0.717) is 5.82 Å². The third kappa shape index (κ3) is 4.33. The number of hydrazine groups is 1. The zero-order valence-electron chi connectivity index (χ0n) is 13.9. The number of aryl methyl sites for hydroxylation is 1. The van der Waals surface area contributed by atoms with Crippen molar-refractivity contribution >= 4 is 29.3 Å². The maximum absolute atomic E-state index is 12.3. The lowest BCUT2D eigenvalue weighted by Gasteiger charge is -2.31. The van der Waals surface area contributed by atoms with Gasteiger partial charge in [0.1, 0.15) is 0 Å². The number of piperidine rings is 1. The van der Waals surface area contributed by atoms with Crippen molar-refractivity contribution in [1.82, 2.24) is 25.4 Å². The second kappa shape index (κ2) is 8.06. The summed E-state index contributed by atoms with van der Waals surface area (Å²) in [6.45, 7) is 3.57. The summed E-state index contributed by atoms with van der Waals surface area (Å²) in [6.07, 6.45) is 9.10. The Balaban J connectivity index is 1.49. The van der Waals surface area contributed by atoms with Crippen LogP contribution in [-0.2, 0) is 11.2 Å². The number of aromatic nitrogens is 4. The summed E-state index contributed by atoms with van der Waals surface area (Å²) in [4.78, 5) is 31.1. The van der Waals surface area contributed by atoms with Crippen molar-refractivity contribution in [2.75, 3.05) is 23.4 Å². The molecule has 1 fully saturated rings. The molecule has 3 heterocycles. The smallest absolute Gasteiger partial charge is 0.241 e. The predicted octanol–water partition coefficient (Wildman–Crippen LogP) is 1.84. The lowest BCUT2D eigenvalue weighted by atomic mass is 9.96. The van der Waals surface area contributed by atoms with E-state index >= 15 is 0 Å². The molecule has 1 saturated heterocycles. The summed E-state index contributed by atoms with van der Waals surface area (Å²) < 4.78 is 0. The zero-order chi connectivity index (χ0) is 17.6. The molecular formula is C16H20ClN7O. The van der Waals surface area contributed by atoms with Crippen molar-refractivity contribution in [3.63, 3.8) is 0 Å². The maximum atomic E-state index is 12.3. The molecule has 0 saturated carbocycles. The molecule has 9 heteroatoms. The number of rotatable bonds is 5. The molecule has 0 aromatic carbocycles. The molecule has 2 N–H and O–H groups in total. The highest BCUT2D eigenvalue weighted by atomic mass is 35.5. The third-order valence-electron chi connectivity index (χ3n) is 4.21. The first-order chi connectivity index (χ1) is 12.2. The van der Waals surface area contributed by atoms with Crippen LogP contribution in [0.1, 0.15) is 25.3 Å². The molecule has 0 spiro atoms. The van der Waals surface area contributed by atoms with Crippen LogP contribution < -0.4 is 15.8 Å². The number of nitrogens with one attached hydrogen (secondary N) is 2. The lowest BCUT2D eigenvalue weighted by molar-refractivity contribution is -0.125. The minimum atomic E-state index is -0.0800. The predicted molar refractivity (Wildman–Crippen MR) is 95.2 cm³/mol.